The van der Waals surface area contributed by atoms with Gasteiger partial charge in [0.1, 0.15) is 0 Å². The normalized spacial score (nSPS) is 42.0. The molecule has 0 spiro atoms. The Kier molecular flexibility index (Phi) is 2.94. The highest BCUT2D eigenvalue weighted by Crippen LogP contribution is 2.46. The molecule has 0 aromatic carbocycles. The SMILES string of the molecule is CC.CC1CC2CC2CN1C. The first kappa shape index (κ1) is 9.05. The van der Waals surface area contributed by atoms with Crippen molar-refractivity contribution in [2.75, 3.05) is 13.6 Å². The number of fused-ring (bicyclic) bond motifs is 1. The second-order valence-electron chi connectivity index (χ2n) is 3.78. The molecule has 1 saturated carbocycles. The van der Waals surface area contributed by atoms with E-state index in [2.05, 4.69) is 18.9 Å². The molecule has 0 aromatic heterocycles. The summed E-state index contributed by atoms with van der Waals surface area (Å²) in [7, 11) is 2.25. The van der Waals surface area contributed by atoms with E-state index in [9.17, 15) is 0 Å². The zero-order chi connectivity index (χ0) is 8.43. The van der Waals surface area contributed by atoms with Gasteiger partial charge in [-0.05, 0) is 38.6 Å². The Bertz CT molecular complexity index is 108. The highest BCUT2D eigenvalue weighted by atomic mass is 15.1. The van der Waals surface area contributed by atoms with Gasteiger partial charge in [-0.25, -0.2) is 0 Å². The van der Waals surface area contributed by atoms with E-state index in [0.29, 0.717) is 0 Å². The molecule has 2 fully saturated rings. The van der Waals surface area contributed by atoms with Crippen molar-refractivity contribution in [3.05, 3.63) is 0 Å². The second-order valence-corrected chi connectivity index (χ2v) is 3.78. The fourth-order valence-electron chi connectivity index (χ4n) is 1.99. The maximum absolute atomic E-state index is 2.49. The lowest BCUT2D eigenvalue weighted by molar-refractivity contribution is 0.191. The summed E-state index contributed by atoms with van der Waals surface area (Å²) in [5.41, 5.74) is 0. The predicted molar refractivity (Wildman–Crippen MR) is 49.7 cm³/mol. The molecule has 0 N–H and O–H groups in total. The molecule has 1 saturated heterocycles. The topological polar surface area (TPSA) is 3.24 Å². The Hall–Kier alpha value is -0.0400. The zero-order valence-electron chi connectivity index (χ0n) is 8.30. The molecule has 0 radical (unpaired) electrons. The lowest BCUT2D eigenvalue weighted by Crippen LogP contribution is -2.35. The molecule has 0 aromatic rings. The summed E-state index contributed by atoms with van der Waals surface area (Å²) in [4.78, 5) is 2.49. The number of piperidine rings is 1. The molecular weight excluding hydrogens is 134 g/mol. The standard InChI is InChI=1S/C8H15N.C2H6/c1-6-3-7-4-8(7)5-9(6)2;1-2/h6-8H,3-5H2,1-2H3;1-2H3. The summed E-state index contributed by atoms with van der Waals surface area (Å²) < 4.78 is 0. The zero-order valence-corrected chi connectivity index (χ0v) is 8.30. The molecule has 1 heteroatoms. The largest absolute Gasteiger partial charge is 0.303 e. The number of likely N-dealkylation sites (tertiary alicyclic amines) is 1. The van der Waals surface area contributed by atoms with E-state index in [1.165, 1.54) is 19.4 Å². The molecule has 3 atom stereocenters. The summed E-state index contributed by atoms with van der Waals surface area (Å²) in [6.07, 6.45) is 2.98. The minimum absolute atomic E-state index is 0.855. The van der Waals surface area contributed by atoms with Crippen LogP contribution in [0.15, 0.2) is 0 Å². The molecule has 11 heavy (non-hydrogen) atoms. The molecule has 1 aliphatic heterocycles. The summed E-state index contributed by atoms with van der Waals surface area (Å²) >= 11 is 0. The summed E-state index contributed by atoms with van der Waals surface area (Å²) in [6, 6.07) is 0.855. The fourth-order valence-corrected chi connectivity index (χ4v) is 1.99. The summed E-state index contributed by atoms with van der Waals surface area (Å²) in [5, 5.41) is 0. The molecule has 2 rings (SSSR count). The summed E-state index contributed by atoms with van der Waals surface area (Å²) in [5.74, 6) is 2.21. The molecule has 2 aliphatic rings. The van der Waals surface area contributed by atoms with E-state index in [0.717, 1.165) is 17.9 Å². The van der Waals surface area contributed by atoms with Gasteiger partial charge in [-0.3, -0.25) is 0 Å². The third kappa shape index (κ3) is 1.96. The Morgan fingerprint density at radius 2 is 1.73 bits per heavy atom. The van der Waals surface area contributed by atoms with Crippen LogP contribution in [-0.4, -0.2) is 24.5 Å². The number of hydrogen-bond donors (Lipinski definition) is 0. The van der Waals surface area contributed by atoms with Crippen LogP contribution in [0, 0.1) is 11.8 Å². The third-order valence-corrected chi connectivity index (χ3v) is 2.99. The van der Waals surface area contributed by atoms with Crippen molar-refractivity contribution in [2.24, 2.45) is 11.8 Å². The number of hydrogen-bond acceptors (Lipinski definition) is 1. The number of nitrogens with zero attached hydrogens (tertiary/aromatic N) is 1. The Morgan fingerprint density at radius 1 is 1.09 bits per heavy atom. The smallest absolute Gasteiger partial charge is 0.00667 e. The van der Waals surface area contributed by atoms with Crippen molar-refractivity contribution in [3.63, 3.8) is 0 Å². The molecule has 0 bridgehead atoms. The second kappa shape index (κ2) is 3.57. The van der Waals surface area contributed by atoms with Crippen LogP contribution in [0.3, 0.4) is 0 Å². The lowest BCUT2D eigenvalue weighted by atomic mass is 10.1. The van der Waals surface area contributed by atoms with Gasteiger partial charge in [-0.15, -0.1) is 0 Å². The van der Waals surface area contributed by atoms with E-state index in [4.69, 9.17) is 0 Å². The number of rotatable bonds is 0. The fraction of sp³-hybridized carbons (Fsp3) is 1.00. The van der Waals surface area contributed by atoms with Gasteiger partial charge in [0.2, 0.25) is 0 Å². The van der Waals surface area contributed by atoms with E-state index in [1.54, 1.807) is 0 Å². The minimum Gasteiger partial charge on any atom is -0.303 e. The van der Waals surface area contributed by atoms with E-state index >= 15 is 0 Å². The van der Waals surface area contributed by atoms with Crippen LogP contribution < -0.4 is 0 Å². The molecule has 0 amide bonds. The van der Waals surface area contributed by atoms with Crippen molar-refractivity contribution >= 4 is 0 Å². The van der Waals surface area contributed by atoms with Crippen LogP contribution in [0.5, 0.6) is 0 Å². The quantitative estimate of drug-likeness (QED) is 0.519. The Balaban J connectivity index is 0.000000281. The van der Waals surface area contributed by atoms with Gasteiger partial charge in [0.05, 0.1) is 0 Å². The lowest BCUT2D eigenvalue weighted by Gasteiger charge is -2.28. The van der Waals surface area contributed by atoms with Gasteiger partial charge < -0.3 is 4.90 Å². The maximum atomic E-state index is 2.49. The van der Waals surface area contributed by atoms with Crippen molar-refractivity contribution in [3.8, 4) is 0 Å². The van der Waals surface area contributed by atoms with Gasteiger partial charge in [-0.2, -0.15) is 0 Å². The van der Waals surface area contributed by atoms with Crippen LogP contribution in [0.4, 0.5) is 0 Å². The van der Waals surface area contributed by atoms with Gasteiger partial charge in [-0.1, -0.05) is 13.8 Å². The van der Waals surface area contributed by atoms with E-state index in [-0.39, 0.29) is 0 Å². The van der Waals surface area contributed by atoms with Gasteiger partial charge in [0.15, 0.2) is 0 Å². The van der Waals surface area contributed by atoms with Crippen molar-refractivity contribution in [1.29, 1.82) is 0 Å². The highest BCUT2D eigenvalue weighted by Gasteiger charge is 2.42. The molecule has 1 heterocycles. The summed E-state index contributed by atoms with van der Waals surface area (Å²) in [6.45, 7) is 7.71. The van der Waals surface area contributed by atoms with Gasteiger partial charge >= 0.3 is 0 Å². The molecule has 66 valence electrons. The third-order valence-electron chi connectivity index (χ3n) is 2.99. The van der Waals surface area contributed by atoms with Crippen LogP contribution in [0.2, 0.25) is 0 Å². The molecule has 3 unspecified atom stereocenters. The molecule has 1 aliphatic carbocycles. The maximum Gasteiger partial charge on any atom is 0.00667 e. The van der Waals surface area contributed by atoms with Gasteiger partial charge in [0, 0.05) is 12.6 Å². The van der Waals surface area contributed by atoms with Crippen molar-refractivity contribution < 1.29 is 0 Å². The average molecular weight is 155 g/mol. The molecule has 1 nitrogen and oxygen atoms in total. The first-order chi connectivity index (χ1) is 5.27. The van der Waals surface area contributed by atoms with Gasteiger partial charge in [0.25, 0.3) is 0 Å². The molecular formula is C10H21N. The van der Waals surface area contributed by atoms with Crippen LogP contribution in [-0.2, 0) is 0 Å². The first-order valence-electron chi connectivity index (χ1n) is 4.97. The average Bonchev–Trinajstić information content (AvgIpc) is 2.72. The van der Waals surface area contributed by atoms with Crippen LogP contribution in [0.1, 0.15) is 33.6 Å². The predicted octanol–water partition coefficient (Wildman–Crippen LogP) is 2.37. The highest BCUT2D eigenvalue weighted by molar-refractivity contribution is 4.94. The van der Waals surface area contributed by atoms with Crippen molar-refractivity contribution in [1.82, 2.24) is 4.90 Å². The van der Waals surface area contributed by atoms with E-state index in [1.807, 2.05) is 13.8 Å². The van der Waals surface area contributed by atoms with Crippen molar-refractivity contribution in [2.45, 2.75) is 39.7 Å². The Morgan fingerprint density at radius 3 is 2.27 bits per heavy atom. The van der Waals surface area contributed by atoms with Crippen LogP contribution >= 0.6 is 0 Å². The minimum atomic E-state index is 0.855. The monoisotopic (exact) mass is 155 g/mol. The first-order valence-corrected chi connectivity index (χ1v) is 4.97. The Labute approximate surface area is 70.8 Å². The van der Waals surface area contributed by atoms with E-state index < -0.39 is 0 Å². The van der Waals surface area contributed by atoms with Crippen LogP contribution in [0.25, 0.3) is 0 Å².